The van der Waals surface area contributed by atoms with Crippen LogP contribution in [-0.4, -0.2) is 29.4 Å². The molecule has 0 bridgehead atoms. The summed E-state index contributed by atoms with van der Waals surface area (Å²) in [6, 6.07) is 6.00. The van der Waals surface area contributed by atoms with E-state index in [1.54, 1.807) is 6.07 Å². The first-order valence-corrected chi connectivity index (χ1v) is 8.75. The van der Waals surface area contributed by atoms with Gasteiger partial charge in [-0.1, -0.05) is 38.8 Å². The van der Waals surface area contributed by atoms with Gasteiger partial charge in [0.05, 0.1) is 4.92 Å². The maximum Gasteiger partial charge on any atom is 0.331 e. The molecule has 1 aromatic rings. The Labute approximate surface area is 152 Å². The molecule has 0 heterocycles. The van der Waals surface area contributed by atoms with Gasteiger partial charge in [0.1, 0.15) is 0 Å². The van der Waals surface area contributed by atoms with E-state index in [1.165, 1.54) is 30.7 Å². The highest BCUT2D eigenvalue weighted by Gasteiger charge is 2.28. The lowest BCUT2D eigenvalue weighted by atomic mass is 9.78. The minimum Gasteiger partial charge on any atom is -0.452 e. The van der Waals surface area contributed by atoms with Crippen LogP contribution >= 0.6 is 0 Å². The second-order valence-electron chi connectivity index (χ2n) is 6.73. The molecule has 7 heteroatoms. The van der Waals surface area contributed by atoms with E-state index in [0.717, 1.165) is 18.9 Å². The fraction of sp³-hybridized carbons (Fsp3) is 0.474. The van der Waals surface area contributed by atoms with E-state index in [0.29, 0.717) is 17.4 Å². The maximum atomic E-state index is 12.0. The molecule has 1 aromatic carbocycles. The molecule has 0 spiro atoms. The van der Waals surface area contributed by atoms with Gasteiger partial charge in [-0.05, 0) is 29.9 Å². The van der Waals surface area contributed by atoms with Crippen LogP contribution in [0, 0.1) is 22.0 Å². The number of nitrogens with zero attached hydrogens (tertiary/aromatic N) is 1. The van der Waals surface area contributed by atoms with E-state index in [4.69, 9.17) is 4.74 Å². The molecule has 0 saturated heterocycles. The Bertz CT molecular complexity index is 701. The molecule has 2 rings (SSSR count). The number of nitrogens with one attached hydrogen (secondary N) is 1. The molecule has 0 unspecified atom stereocenters. The Kier molecular flexibility index (Phi) is 6.89. The predicted molar refractivity (Wildman–Crippen MR) is 97.2 cm³/mol. The van der Waals surface area contributed by atoms with Crippen LogP contribution in [0.1, 0.15) is 38.7 Å². The molecule has 1 N–H and O–H groups in total. The zero-order valence-corrected chi connectivity index (χ0v) is 15.0. The van der Waals surface area contributed by atoms with Crippen LogP contribution in [0.3, 0.4) is 0 Å². The van der Waals surface area contributed by atoms with E-state index in [-0.39, 0.29) is 24.2 Å². The van der Waals surface area contributed by atoms with Gasteiger partial charge < -0.3 is 10.1 Å². The highest BCUT2D eigenvalue weighted by molar-refractivity contribution is 5.89. The monoisotopic (exact) mass is 360 g/mol. The first-order valence-electron chi connectivity index (χ1n) is 8.75. The summed E-state index contributed by atoms with van der Waals surface area (Å²) in [5.74, 6) is -0.0172. The first kappa shape index (κ1) is 19.6. The third-order valence-corrected chi connectivity index (χ3v) is 4.89. The number of non-ortho nitro benzene ring substituents is 1. The lowest BCUT2D eigenvalue weighted by molar-refractivity contribution is -0.384. The molecule has 0 aliphatic heterocycles. The van der Waals surface area contributed by atoms with E-state index >= 15 is 0 Å². The summed E-state index contributed by atoms with van der Waals surface area (Å²) in [6.07, 6.45) is 5.76. The van der Waals surface area contributed by atoms with Crippen molar-refractivity contribution in [1.82, 2.24) is 5.32 Å². The number of carbonyl (C=O) groups excluding carboxylic acids is 2. The van der Waals surface area contributed by atoms with Gasteiger partial charge in [0.25, 0.3) is 11.6 Å². The third kappa shape index (κ3) is 5.68. The van der Waals surface area contributed by atoms with Crippen LogP contribution in [0.5, 0.6) is 0 Å². The molecule has 0 radical (unpaired) electrons. The van der Waals surface area contributed by atoms with Gasteiger partial charge in [0.2, 0.25) is 0 Å². The Morgan fingerprint density at radius 2 is 2.12 bits per heavy atom. The topological polar surface area (TPSA) is 98.5 Å². The minimum absolute atomic E-state index is 0.0595. The standard InChI is InChI=1S/C19H24N2O5/c1-13-5-3-8-17(14(13)2)20-18(22)12-26-19(23)10-9-15-6-4-7-16(11-15)21(24)25/h4,6-7,9-11,13-14,17H,3,5,8,12H2,1-2H3,(H,20,22)/b10-9+/t13-,14+,17+/m0/s1. The number of nitro benzene ring substituents is 1. The number of ether oxygens (including phenoxy) is 1. The van der Waals surface area contributed by atoms with E-state index in [1.807, 2.05) is 0 Å². The Hall–Kier alpha value is -2.70. The number of hydrogen-bond acceptors (Lipinski definition) is 5. The summed E-state index contributed by atoms with van der Waals surface area (Å²) >= 11 is 0. The number of benzene rings is 1. The number of amides is 1. The number of esters is 1. The van der Waals surface area contributed by atoms with Gasteiger partial charge in [0, 0.05) is 24.3 Å². The van der Waals surface area contributed by atoms with Gasteiger partial charge in [-0.15, -0.1) is 0 Å². The Balaban J connectivity index is 1.80. The summed E-state index contributed by atoms with van der Waals surface area (Å²) in [7, 11) is 0. The molecule has 26 heavy (non-hydrogen) atoms. The molecule has 140 valence electrons. The fourth-order valence-corrected chi connectivity index (χ4v) is 3.13. The quantitative estimate of drug-likeness (QED) is 0.364. The summed E-state index contributed by atoms with van der Waals surface area (Å²) in [6.45, 7) is 3.97. The minimum atomic E-state index is -0.670. The van der Waals surface area contributed by atoms with Crippen molar-refractivity contribution in [3.63, 3.8) is 0 Å². The van der Waals surface area contributed by atoms with Crippen LogP contribution in [0.4, 0.5) is 5.69 Å². The average molecular weight is 360 g/mol. The van der Waals surface area contributed by atoms with E-state index in [9.17, 15) is 19.7 Å². The van der Waals surface area contributed by atoms with Crippen LogP contribution in [0.2, 0.25) is 0 Å². The largest absolute Gasteiger partial charge is 0.452 e. The van der Waals surface area contributed by atoms with Crippen LogP contribution in [0.25, 0.3) is 6.08 Å². The zero-order chi connectivity index (χ0) is 19.1. The average Bonchev–Trinajstić information content (AvgIpc) is 2.62. The number of hydrogen-bond donors (Lipinski definition) is 1. The summed E-state index contributed by atoms with van der Waals surface area (Å²) in [4.78, 5) is 33.9. The van der Waals surface area contributed by atoms with E-state index in [2.05, 4.69) is 19.2 Å². The van der Waals surface area contributed by atoms with Gasteiger partial charge >= 0.3 is 5.97 Å². The predicted octanol–water partition coefficient (Wildman–Crippen LogP) is 3.09. The van der Waals surface area contributed by atoms with Crippen molar-refractivity contribution in [2.24, 2.45) is 11.8 Å². The number of rotatable bonds is 6. The molecule has 1 aliphatic carbocycles. The van der Waals surface area contributed by atoms with Gasteiger partial charge in [-0.3, -0.25) is 14.9 Å². The molecule has 3 atom stereocenters. The molecule has 1 saturated carbocycles. The Morgan fingerprint density at radius 3 is 2.85 bits per heavy atom. The zero-order valence-electron chi connectivity index (χ0n) is 15.0. The van der Waals surface area contributed by atoms with Gasteiger partial charge in [0.15, 0.2) is 6.61 Å². The molecular formula is C19H24N2O5. The fourth-order valence-electron chi connectivity index (χ4n) is 3.13. The third-order valence-electron chi connectivity index (χ3n) is 4.89. The normalized spacial score (nSPS) is 22.8. The van der Waals surface area contributed by atoms with Crippen LogP contribution in [-0.2, 0) is 14.3 Å². The van der Waals surface area contributed by atoms with Gasteiger partial charge in [-0.2, -0.15) is 0 Å². The maximum absolute atomic E-state index is 12.0. The Morgan fingerprint density at radius 1 is 1.35 bits per heavy atom. The molecular weight excluding hydrogens is 336 g/mol. The summed E-state index contributed by atoms with van der Waals surface area (Å²) in [5, 5.41) is 13.7. The van der Waals surface area contributed by atoms with Crippen molar-refractivity contribution >= 4 is 23.6 Å². The van der Waals surface area contributed by atoms with Crippen LogP contribution in [0.15, 0.2) is 30.3 Å². The molecule has 1 amide bonds. The highest BCUT2D eigenvalue weighted by atomic mass is 16.6. The van der Waals surface area contributed by atoms with Crippen LogP contribution < -0.4 is 5.32 Å². The first-order chi connectivity index (χ1) is 12.4. The summed E-state index contributed by atoms with van der Waals surface area (Å²) in [5.41, 5.74) is 0.446. The van der Waals surface area contributed by atoms with Crippen molar-refractivity contribution in [3.05, 3.63) is 46.0 Å². The lowest BCUT2D eigenvalue weighted by Crippen LogP contribution is -2.45. The molecule has 1 aliphatic rings. The van der Waals surface area contributed by atoms with Crippen molar-refractivity contribution in [3.8, 4) is 0 Å². The van der Waals surface area contributed by atoms with Crippen molar-refractivity contribution < 1.29 is 19.2 Å². The van der Waals surface area contributed by atoms with Crippen molar-refractivity contribution in [2.45, 2.75) is 39.2 Å². The molecule has 7 nitrogen and oxygen atoms in total. The molecule has 1 fully saturated rings. The second-order valence-corrected chi connectivity index (χ2v) is 6.73. The van der Waals surface area contributed by atoms with E-state index < -0.39 is 10.9 Å². The van der Waals surface area contributed by atoms with Gasteiger partial charge in [-0.25, -0.2) is 4.79 Å². The smallest absolute Gasteiger partial charge is 0.331 e. The van der Waals surface area contributed by atoms with Crippen molar-refractivity contribution in [1.29, 1.82) is 0 Å². The lowest BCUT2D eigenvalue weighted by Gasteiger charge is -2.34. The van der Waals surface area contributed by atoms with Crippen molar-refractivity contribution in [2.75, 3.05) is 6.61 Å². The number of nitro groups is 1. The number of carbonyl (C=O) groups is 2. The second kappa shape index (κ2) is 9.12. The highest BCUT2D eigenvalue weighted by Crippen LogP contribution is 2.29. The SMILES string of the molecule is C[C@@H]1[C@@H](C)CCC[C@H]1NC(=O)COC(=O)/C=C/c1cccc([N+](=O)[O-])c1. The molecule has 0 aromatic heterocycles. The summed E-state index contributed by atoms with van der Waals surface area (Å²) < 4.78 is 4.94.